The molecule has 0 nitrogen and oxygen atoms in total. The molecule has 21 heavy (non-hydrogen) atoms. The van der Waals surface area contributed by atoms with Gasteiger partial charge in [-0.1, -0.05) is 91.4 Å². The van der Waals surface area contributed by atoms with E-state index in [0.717, 1.165) is 29.0 Å². The van der Waals surface area contributed by atoms with E-state index in [0.29, 0.717) is 0 Å². The Morgan fingerprint density at radius 3 is 2.29 bits per heavy atom. The van der Waals surface area contributed by atoms with Gasteiger partial charge in [-0.3, -0.25) is 0 Å². The van der Waals surface area contributed by atoms with E-state index in [2.05, 4.69) is 24.8 Å². The second kappa shape index (κ2) is 8.35. The van der Waals surface area contributed by atoms with E-state index in [1.807, 2.05) is 60.7 Å². The van der Waals surface area contributed by atoms with Crippen LogP contribution < -0.4 is 0 Å². The third-order valence-corrected chi connectivity index (χ3v) is 3.52. The van der Waals surface area contributed by atoms with Gasteiger partial charge in [0.25, 0.3) is 0 Å². The maximum Gasteiger partial charge on any atom is 0.0450 e. The van der Waals surface area contributed by atoms with Crippen molar-refractivity contribution >= 4 is 16.6 Å². The van der Waals surface area contributed by atoms with E-state index in [4.69, 9.17) is 11.6 Å². The summed E-state index contributed by atoms with van der Waals surface area (Å²) in [5, 5.41) is 0.774. The zero-order valence-corrected chi connectivity index (χ0v) is 13.0. The molecule has 0 spiro atoms. The number of rotatable bonds is 4. The molecule has 0 bridgehead atoms. The highest BCUT2D eigenvalue weighted by Crippen LogP contribution is 2.22. The first-order valence-corrected chi connectivity index (χ1v) is 7.66. The standard InChI is InChI=1S/C20H19Cl/c1-2-9-18(15-14-17-10-5-3-6-11-17)16-20(21)19-12-7-4-8-13-19/h3-8,10-13,16,18H,2,9H2,1H3/b20-16-. The van der Waals surface area contributed by atoms with Crippen molar-refractivity contribution in [3.8, 4) is 11.8 Å². The summed E-state index contributed by atoms with van der Waals surface area (Å²) < 4.78 is 0. The summed E-state index contributed by atoms with van der Waals surface area (Å²) in [6.07, 6.45) is 4.17. The van der Waals surface area contributed by atoms with Gasteiger partial charge in [0.2, 0.25) is 0 Å². The molecule has 106 valence electrons. The van der Waals surface area contributed by atoms with E-state index in [-0.39, 0.29) is 5.92 Å². The topological polar surface area (TPSA) is 0 Å². The van der Waals surface area contributed by atoms with E-state index in [1.165, 1.54) is 0 Å². The van der Waals surface area contributed by atoms with Crippen LogP contribution in [0.2, 0.25) is 0 Å². The fourth-order valence-electron chi connectivity index (χ4n) is 2.08. The summed E-state index contributed by atoms with van der Waals surface area (Å²) in [6, 6.07) is 20.1. The molecular formula is C20H19Cl. The van der Waals surface area contributed by atoms with Crippen LogP contribution in [-0.2, 0) is 0 Å². The lowest BCUT2D eigenvalue weighted by atomic mass is 10.0. The zero-order valence-electron chi connectivity index (χ0n) is 12.2. The Morgan fingerprint density at radius 2 is 1.67 bits per heavy atom. The largest absolute Gasteiger partial charge is 0.0903 e. The van der Waals surface area contributed by atoms with Crippen molar-refractivity contribution in [2.24, 2.45) is 5.92 Å². The second-order valence-electron chi connectivity index (χ2n) is 4.91. The molecule has 0 aliphatic rings. The molecule has 0 aliphatic heterocycles. The number of halogens is 1. The van der Waals surface area contributed by atoms with Crippen LogP contribution in [-0.4, -0.2) is 0 Å². The Hall–Kier alpha value is -1.97. The molecular weight excluding hydrogens is 276 g/mol. The van der Waals surface area contributed by atoms with Crippen LogP contribution in [0.1, 0.15) is 30.9 Å². The maximum atomic E-state index is 6.41. The van der Waals surface area contributed by atoms with Crippen molar-refractivity contribution in [3.63, 3.8) is 0 Å². The Kier molecular flexibility index (Phi) is 6.13. The van der Waals surface area contributed by atoms with Gasteiger partial charge in [0.05, 0.1) is 0 Å². The van der Waals surface area contributed by atoms with Crippen LogP contribution in [0.15, 0.2) is 66.7 Å². The lowest BCUT2D eigenvalue weighted by molar-refractivity contribution is 0.711. The van der Waals surface area contributed by atoms with Crippen molar-refractivity contribution in [2.75, 3.05) is 0 Å². The Morgan fingerprint density at radius 1 is 1.05 bits per heavy atom. The third-order valence-electron chi connectivity index (χ3n) is 3.17. The average molecular weight is 295 g/mol. The molecule has 0 aliphatic carbocycles. The molecule has 1 heteroatoms. The smallest absolute Gasteiger partial charge is 0.0450 e. The van der Waals surface area contributed by atoms with Crippen LogP contribution >= 0.6 is 11.6 Å². The van der Waals surface area contributed by atoms with Crippen LogP contribution in [0, 0.1) is 17.8 Å². The van der Waals surface area contributed by atoms with Gasteiger partial charge in [0.15, 0.2) is 0 Å². The van der Waals surface area contributed by atoms with Crippen LogP contribution in [0.5, 0.6) is 0 Å². The summed E-state index contributed by atoms with van der Waals surface area (Å²) in [7, 11) is 0. The molecule has 0 N–H and O–H groups in total. The Labute approximate surface area is 132 Å². The molecule has 0 amide bonds. The minimum atomic E-state index is 0.183. The predicted molar refractivity (Wildman–Crippen MR) is 92.0 cm³/mol. The van der Waals surface area contributed by atoms with E-state index < -0.39 is 0 Å². The van der Waals surface area contributed by atoms with Crippen LogP contribution in [0.25, 0.3) is 5.03 Å². The zero-order chi connectivity index (χ0) is 14.9. The van der Waals surface area contributed by atoms with Gasteiger partial charge in [-0.05, 0) is 24.1 Å². The highest BCUT2D eigenvalue weighted by molar-refractivity contribution is 6.48. The number of hydrogen-bond donors (Lipinski definition) is 0. The molecule has 0 heterocycles. The second-order valence-corrected chi connectivity index (χ2v) is 5.32. The normalized spacial score (nSPS) is 12.4. The lowest BCUT2D eigenvalue weighted by Gasteiger charge is -2.05. The average Bonchev–Trinajstić information content (AvgIpc) is 2.54. The van der Waals surface area contributed by atoms with E-state index in [9.17, 15) is 0 Å². The monoisotopic (exact) mass is 294 g/mol. The van der Waals surface area contributed by atoms with Crippen molar-refractivity contribution in [1.29, 1.82) is 0 Å². The molecule has 0 radical (unpaired) electrons. The van der Waals surface area contributed by atoms with Crippen LogP contribution in [0.3, 0.4) is 0 Å². The number of hydrogen-bond acceptors (Lipinski definition) is 0. The van der Waals surface area contributed by atoms with E-state index in [1.54, 1.807) is 0 Å². The molecule has 0 aromatic heterocycles. The van der Waals surface area contributed by atoms with E-state index >= 15 is 0 Å². The molecule has 2 aromatic rings. The fourth-order valence-corrected chi connectivity index (χ4v) is 2.35. The van der Waals surface area contributed by atoms with Gasteiger partial charge >= 0.3 is 0 Å². The summed E-state index contributed by atoms with van der Waals surface area (Å²) in [5.41, 5.74) is 2.09. The molecule has 0 saturated carbocycles. The van der Waals surface area contributed by atoms with Crippen molar-refractivity contribution < 1.29 is 0 Å². The van der Waals surface area contributed by atoms with Gasteiger partial charge in [0, 0.05) is 16.5 Å². The molecule has 1 atom stereocenters. The first kappa shape index (κ1) is 15.4. The van der Waals surface area contributed by atoms with Gasteiger partial charge in [-0.25, -0.2) is 0 Å². The molecule has 1 unspecified atom stereocenters. The Bertz CT molecular complexity index is 630. The number of allylic oxidation sites excluding steroid dienone is 1. The third kappa shape index (κ3) is 5.14. The summed E-state index contributed by atoms with van der Waals surface area (Å²) in [5.74, 6) is 6.74. The van der Waals surface area contributed by atoms with Gasteiger partial charge in [0.1, 0.15) is 0 Å². The van der Waals surface area contributed by atoms with Crippen molar-refractivity contribution in [3.05, 3.63) is 77.9 Å². The summed E-state index contributed by atoms with van der Waals surface area (Å²) in [4.78, 5) is 0. The highest BCUT2D eigenvalue weighted by atomic mass is 35.5. The minimum Gasteiger partial charge on any atom is -0.0903 e. The highest BCUT2D eigenvalue weighted by Gasteiger charge is 2.04. The molecule has 2 rings (SSSR count). The number of benzene rings is 2. The van der Waals surface area contributed by atoms with Gasteiger partial charge in [-0.15, -0.1) is 0 Å². The summed E-state index contributed by atoms with van der Waals surface area (Å²) >= 11 is 6.41. The molecule has 2 aromatic carbocycles. The van der Waals surface area contributed by atoms with Gasteiger partial charge < -0.3 is 0 Å². The van der Waals surface area contributed by atoms with Gasteiger partial charge in [-0.2, -0.15) is 0 Å². The van der Waals surface area contributed by atoms with Crippen LogP contribution in [0.4, 0.5) is 0 Å². The first-order valence-electron chi connectivity index (χ1n) is 7.29. The quantitative estimate of drug-likeness (QED) is 0.631. The SMILES string of the molecule is CCCC(C#Cc1ccccc1)/C=C(\Cl)c1ccccc1. The van der Waals surface area contributed by atoms with Crippen molar-refractivity contribution in [2.45, 2.75) is 19.8 Å². The lowest BCUT2D eigenvalue weighted by Crippen LogP contribution is -1.93. The minimum absolute atomic E-state index is 0.183. The maximum absolute atomic E-state index is 6.41. The Balaban J connectivity index is 2.18. The first-order chi connectivity index (χ1) is 10.3. The van der Waals surface area contributed by atoms with Crippen molar-refractivity contribution in [1.82, 2.24) is 0 Å². The molecule has 0 saturated heterocycles. The summed E-state index contributed by atoms with van der Waals surface area (Å²) in [6.45, 7) is 2.17. The fraction of sp³-hybridized carbons (Fsp3) is 0.200. The predicted octanol–water partition coefficient (Wildman–Crippen LogP) is 5.73. The molecule has 0 fully saturated rings.